The van der Waals surface area contributed by atoms with E-state index in [0.717, 1.165) is 11.3 Å². The molecule has 2 unspecified atom stereocenters. The van der Waals surface area contributed by atoms with Crippen LogP contribution in [0.25, 0.3) is 0 Å². The summed E-state index contributed by atoms with van der Waals surface area (Å²) in [5.41, 5.74) is 6.92. The summed E-state index contributed by atoms with van der Waals surface area (Å²) in [6, 6.07) is 7.73. The van der Waals surface area contributed by atoms with E-state index in [2.05, 4.69) is 4.90 Å². The van der Waals surface area contributed by atoms with Gasteiger partial charge in [-0.15, -0.1) is 0 Å². The van der Waals surface area contributed by atoms with E-state index in [1.807, 2.05) is 31.3 Å². The van der Waals surface area contributed by atoms with E-state index in [9.17, 15) is 8.42 Å². The van der Waals surface area contributed by atoms with Crippen LogP contribution in [0.15, 0.2) is 24.3 Å². The summed E-state index contributed by atoms with van der Waals surface area (Å²) >= 11 is 0. The zero-order valence-electron chi connectivity index (χ0n) is 12.0. The maximum Gasteiger partial charge on any atom is 0.151 e. The fourth-order valence-electron chi connectivity index (χ4n) is 2.81. The highest BCUT2D eigenvalue weighted by Crippen LogP contribution is 2.31. The predicted octanol–water partition coefficient (Wildman–Crippen LogP) is 0.814. The number of ether oxygens (including phenoxy) is 1. The van der Waals surface area contributed by atoms with Crippen LogP contribution in [0.3, 0.4) is 0 Å². The number of methoxy groups -OCH3 is 1. The molecule has 2 rings (SSSR count). The average Bonchev–Trinajstić information content (AvgIpc) is 2.80. The van der Waals surface area contributed by atoms with Crippen molar-refractivity contribution in [1.29, 1.82) is 0 Å². The Kier molecular flexibility index (Phi) is 4.67. The van der Waals surface area contributed by atoms with Gasteiger partial charge in [0.15, 0.2) is 9.84 Å². The van der Waals surface area contributed by atoms with E-state index in [0.29, 0.717) is 13.0 Å². The number of hydrogen-bond donors (Lipinski definition) is 1. The summed E-state index contributed by atoms with van der Waals surface area (Å²) in [6.45, 7) is 0.424. The Morgan fingerprint density at radius 1 is 1.45 bits per heavy atom. The minimum atomic E-state index is -2.89. The van der Waals surface area contributed by atoms with Crippen molar-refractivity contribution in [2.24, 2.45) is 5.73 Å². The molecule has 0 saturated carbocycles. The molecule has 1 aromatic carbocycles. The van der Waals surface area contributed by atoms with Crippen LogP contribution in [0.5, 0.6) is 5.75 Å². The molecule has 1 aliphatic rings. The first-order valence-corrected chi connectivity index (χ1v) is 8.56. The molecule has 0 radical (unpaired) electrons. The Morgan fingerprint density at radius 3 is 2.70 bits per heavy atom. The van der Waals surface area contributed by atoms with Gasteiger partial charge in [-0.3, -0.25) is 4.90 Å². The molecular weight excluding hydrogens is 276 g/mol. The van der Waals surface area contributed by atoms with E-state index in [1.54, 1.807) is 7.11 Å². The van der Waals surface area contributed by atoms with Crippen LogP contribution in [0, 0.1) is 0 Å². The Morgan fingerprint density at radius 2 is 2.15 bits per heavy atom. The highest BCUT2D eigenvalue weighted by molar-refractivity contribution is 7.91. The second kappa shape index (κ2) is 6.11. The number of nitrogens with two attached hydrogens (primary N) is 1. The van der Waals surface area contributed by atoms with Crippen molar-refractivity contribution in [1.82, 2.24) is 4.90 Å². The maximum atomic E-state index is 11.6. The minimum Gasteiger partial charge on any atom is -0.496 e. The summed E-state index contributed by atoms with van der Waals surface area (Å²) in [5, 5.41) is 0. The van der Waals surface area contributed by atoms with Crippen molar-refractivity contribution in [3.05, 3.63) is 29.8 Å². The molecule has 1 aliphatic heterocycles. The lowest BCUT2D eigenvalue weighted by molar-refractivity contribution is 0.189. The van der Waals surface area contributed by atoms with Crippen LogP contribution in [0.1, 0.15) is 18.0 Å². The summed E-state index contributed by atoms with van der Waals surface area (Å²) in [6.07, 6.45) is 0.671. The molecule has 1 aromatic rings. The van der Waals surface area contributed by atoms with Gasteiger partial charge in [-0.2, -0.15) is 0 Å². The third-order valence-corrected chi connectivity index (χ3v) is 5.75. The summed E-state index contributed by atoms with van der Waals surface area (Å²) in [7, 11) is 0.678. The van der Waals surface area contributed by atoms with Crippen molar-refractivity contribution < 1.29 is 13.2 Å². The van der Waals surface area contributed by atoms with Crippen LogP contribution in [-0.2, 0) is 9.84 Å². The number of para-hydroxylation sites is 1. The first-order valence-electron chi connectivity index (χ1n) is 6.74. The molecule has 112 valence electrons. The lowest BCUT2D eigenvalue weighted by Crippen LogP contribution is -2.39. The number of hydrogen-bond acceptors (Lipinski definition) is 5. The molecular formula is C14H22N2O3S. The molecule has 5 nitrogen and oxygen atoms in total. The molecule has 0 spiro atoms. The maximum absolute atomic E-state index is 11.6. The van der Waals surface area contributed by atoms with Gasteiger partial charge in [-0.1, -0.05) is 18.2 Å². The summed E-state index contributed by atoms with van der Waals surface area (Å²) in [5.74, 6) is 1.27. The second-order valence-electron chi connectivity index (χ2n) is 5.22. The molecule has 2 N–H and O–H groups in total. The van der Waals surface area contributed by atoms with Gasteiger partial charge < -0.3 is 10.5 Å². The Labute approximate surface area is 120 Å². The monoisotopic (exact) mass is 298 g/mol. The Hall–Kier alpha value is -1.11. The van der Waals surface area contributed by atoms with E-state index in [-0.39, 0.29) is 23.6 Å². The highest BCUT2D eigenvalue weighted by atomic mass is 32.2. The van der Waals surface area contributed by atoms with E-state index >= 15 is 0 Å². The van der Waals surface area contributed by atoms with Crippen molar-refractivity contribution >= 4 is 9.84 Å². The van der Waals surface area contributed by atoms with E-state index < -0.39 is 9.84 Å². The van der Waals surface area contributed by atoms with Gasteiger partial charge in [0.1, 0.15) is 5.75 Å². The smallest absolute Gasteiger partial charge is 0.151 e. The molecule has 6 heteroatoms. The molecule has 0 aliphatic carbocycles. The van der Waals surface area contributed by atoms with Crippen LogP contribution in [0.4, 0.5) is 0 Å². The van der Waals surface area contributed by atoms with Crippen molar-refractivity contribution in [2.45, 2.75) is 18.5 Å². The number of rotatable bonds is 5. The van der Waals surface area contributed by atoms with Crippen LogP contribution in [-0.4, -0.2) is 51.6 Å². The molecule has 2 atom stereocenters. The zero-order chi connectivity index (χ0) is 14.8. The van der Waals surface area contributed by atoms with Gasteiger partial charge in [0, 0.05) is 18.2 Å². The molecule has 0 aromatic heterocycles. The van der Waals surface area contributed by atoms with Gasteiger partial charge in [0.05, 0.1) is 24.7 Å². The number of likely N-dealkylation sites (N-methyl/N-ethyl adjacent to an activating group) is 1. The van der Waals surface area contributed by atoms with Crippen molar-refractivity contribution in [2.75, 3.05) is 32.2 Å². The zero-order valence-corrected chi connectivity index (χ0v) is 12.8. The third kappa shape index (κ3) is 3.13. The summed E-state index contributed by atoms with van der Waals surface area (Å²) in [4.78, 5) is 2.07. The Balaban J connectivity index is 2.24. The number of benzene rings is 1. The normalized spacial score (nSPS) is 22.9. The van der Waals surface area contributed by atoms with E-state index in [1.165, 1.54) is 0 Å². The fraction of sp³-hybridized carbons (Fsp3) is 0.571. The van der Waals surface area contributed by atoms with Crippen molar-refractivity contribution in [3.63, 3.8) is 0 Å². The van der Waals surface area contributed by atoms with Gasteiger partial charge >= 0.3 is 0 Å². The predicted molar refractivity (Wildman–Crippen MR) is 79.6 cm³/mol. The number of nitrogens with zero attached hydrogens (tertiary/aromatic N) is 1. The first-order chi connectivity index (χ1) is 9.48. The molecule has 1 fully saturated rings. The molecule has 20 heavy (non-hydrogen) atoms. The Bertz CT molecular complexity index is 559. The standard InChI is InChI=1S/C14H22N2O3S/c1-16(11-7-8-20(17,18)10-11)13(9-15)12-5-3-4-6-14(12)19-2/h3-6,11,13H,7-10,15H2,1-2H3. The van der Waals surface area contributed by atoms with Crippen LogP contribution < -0.4 is 10.5 Å². The minimum absolute atomic E-state index is 0.0264. The molecule has 0 amide bonds. The topological polar surface area (TPSA) is 72.6 Å². The van der Waals surface area contributed by atoms with E-state index in [4.69, 9.17) is 10.5 Å². The van der Waals surface area contributed by atoms with Crippen molar-refractivity contribution in [3.8, 4) is 5.75 Å². The molecule has 0 bridgehead atoms. The summed E-state index contributed by atoms with van der Waals surface area (Å²) < 4.78 is 28.6. The molecule has 1 heterocycles. The van der Waals surface area contributed by atoms with Crippen LogP contribution >= 0.6 is 0 Å². The lowest BCUT2D eigenvalue weighted by atomic mass is 10.0. The SMILES string of the molecule is COc1ccccc1C(CN)N(C)C1CCS(=O)(=O)C1. The van der Waals surface area contributed by atoms with Gasteiger partial charge in [-0.25, -0.2) is 8.42 Å². The lowest BCUT2D eigenvalue weighted by Gasteiger charge is -2.32. The second-order valence-corrected chi connectivity index (χ2v) is 7.44. The third-order valence-electron chi connectivity index (χ3n) is 4.00. The largest absolute Gasteiger partial charge is 0.496 e. The van der Waals surface area contributed by atoms with Crippen LogP contribution in [0.2, 0.25) is 0 Å². The first kappa shape index (κ1) is 15.3. The molecule has 1 saturated heterocycles. The quantitative estimate of drug-likeness (QED) is 0.871. The van der Waals surface area contributed by atoms with Gasteiger partial charge in [0.25, 0.3) is 0 Å². The van der Waals surface area contributed by atoms with Gasteiger partial charge in [-0.05, 0) is 19.5 Å². The fourth-order valence-corrected chi connectivity index (χ4v) is 4.59. The van der Waals surface area contributed by atoms with Gasteiger partial charge in [0.2, 0.25) is 0 Å². The average molecular weight is 298 g/mol. The number of sulfone groups is 1. The highest BCUT2D eigenvalue weighted by Gasteiger charge is 2.34.